The first-order valence-corrected chi connectivity index (χ1v) is 6.65. The fourth-order valence-corrected chi connectivity index (χ4v) is 1.90. The van der Waals surface area contributed by atoms with E-state index in [0.717, 1.165) is 6.07 Å². The van der Waals surface area contributed by atoms with Crippen LogP contribution in [0.1, 0.15) is 26.3 Å². The summed E-state index contributed by atoms with van der Waals surface area (Å²) in [5, 5.41) is 2.40. The van der Waals surface area contributed by atoms with Crippen molar-refractivity contribution in [2.75, 3.05) is 5.32 Å². The predicted octanol–water partition coefficient (Wildman–Crippen LogP) is 3.78. The van der Waals surface area contributed by atoms with Crippen LogP contribution in [-0.2, 0) is 11.0 Å². The van der Waals surface area contributed by atoms with Gasteiger partial charge in [0.15, 0.2) is 0 Å². The maximum Gasteiger partial charge on any atom is 0.417 e. The number of nitrogens with two attached hydrogens (primary N) is 1. The molecule has 0 aromatic heterocycles. The van der Waals surface area contributed by atoms with Crippen LogP contribution in [-0.4, -0.2) is 11.9 Å². The number of carbonyl (C=O) groups excluding carboxylic acids is 1. The van der Waals surface area contributed by atoms with Crippen molar-refractivity contribution >= 4 is 27.5 Å². The number of hydrogen-bond donors (Lipinski definition) is 2. The Morgan fingerprint density at radius 3 is 2.30 bits per heavy atom. The van der Waals surface area contributed by atoms with Gasteiger partial charge in [-0.1, -0.05) is 36.7 Å². The number of alkyl halides is 3. The van der Waals surface area contributed by atoms with Gasteiger partial charge in [0, 0.05) is 10.2 Å². The highest BCUT2D eigenvalue weighted by Gasteiger charge is 2.33. The summed E-state index contributed by atoms with van der Waals surface area (Å²) in [6, 6.07) is 2.67. The number of rotatable bonds is 2. The van der Waals surface area contributed by atoms with Crippen LogP contribution in [0.2, 0.25) is 0 Å². The van der Waals surface area contributed by atoms with Crippen molar-refractivity contribution in [3.63, 3.8) is 0 Å². The van der Waals surface area contributed by atoms with Gasteiger partial charge < -0.3 is 11.1 Å². The van der Waals surface area contributed by atoms with Crippen molar-refractivity contribution in [1.82, 2.24) is 0 Å². The van der Waals surface area contributed by atoms with E-state index in [0.29, 0.717) is 0 Å². The Hall–Kier alpha value is -1.08. The second-order valence-corrected chi connectivity index (χ2v) is 6.38. The molecule has 112 valence electrons. The van der Waals surface area contributed by atoms with E-state index in [1.807, 2.05) is 0 Å². The van der Waals surface area contributed by atoms with Crippen molar-refractivity contribution < 1.29 is 18.0 Å². The van der Waals surface area contributed by atoms with Crippen molar-refractivity contribution in [3.8, 4) is 0 Å². The van der Waals surface area contributed by atoms with Crippen LogP contribution in [0.3, 0.4) is 0 Å². The molecule has 1 aromatic carbocycles. The third-order valence-corrected chi connectivity index (χ3v) is 3.45. The molecule has 1 atom stereocenters. The molecule has 0 saturated heterocycles. The third-order valence-electron chi connectivity index (χ3n) is 2.75. The van der Waals surface area contributed by atoms with Crippen LogP contribution in [0.5, 0.6) is 0 Å². The van der Waals surface area contributed by atoms with Crippen molar-refractivity contribution in [1.29, 1.82) is 0 Å². The van der Waals surface area contributed by atoms with E-state index in [4.69, 9.17) is 5.73 Å². The Morgan fingerprint density at radius 2 is 1.85 bits per heavy atom. The number of anilines is 1. The van der Waals surface area contributed by atoms with Gasteiger partial charge in [-0.05, 0) is 23.6 Å². The van der Waals surface area contributed by atoms with E-state index < -0.39 is 29.1 Å². The lowest BCUT2D eigenvalue weighted by Crippen LogP contribution is -2.45. The molecule has 0 bridgehead atoms. The van der Waals surface area contributed by atoms with Gasteiger partial charge in [-0.25, -0.2) is 0 Å². The number of nitrogens with one attached hydrogen (secondary N) is 1. The van der Waals surface area contributed by atoms with E-state index in [1.165, 1.54) is 12.1 Å². The van der Waals surface area contributed by atoms with Gasteiger partial charge >= 0.3 is 6.18 Å². The Balaban J connectivity index is 2.98. The average molecular weight is 353 g/mol. The summed E-state index contributed by atoms with van der Waals surface area (Å²) < 4.78 is 38.2. The third kappa shape index (κ3) is 4.21. The minimum absolute atomic E-state index is 0.0604. The lowest BCUT2D eigenvalue weighted by Gasteiger charge is -2.26. The Kier molecular flexibility index (Phi) is 4.86. The molecule has 0 aliphatic heterocycles. The van der Waals surface area contributed by atoms with Gasteiger partial charge in [-0.2, -0.15) is 13.2 Å². The first kappa shape index (κ1) is 17.0. The van der Waals surface area contributed by atoms with E-state index in [9.17, 15) is 18.0 Å². The van der Waals surface area contributed by atoms with E-state index in [2.05, 4.69) is 21.2 Å². The maximum absolute atomic E-state index is 12.7. The number of benzene rings is 1. The number of hydrogen-bond acceptors (Lipinski definition) is 2. The maximum atomic E-state index is 12.7. The zero-order valence-corrected chi connectivity index (χ0v) is 12.9. The first-order valence-electron chi connectivity index (χ1n) is 5.86. The summed E-state index contributed by atoms with van der Waals surface area (Å²) in [5.41, 5.74) is 4.49. The second kappa shape index (κ2) is 5.73. The normalized spacial score (nSPS) is 14.0. The van der Waals surface area contributed by atoms with Crippen LogP contribution in [0.15, 0.2) is 22.7 Å². The van der Waals surface area contributed by atoms with E-state index >= 15 is 0 Å². The minimum Gasteiger partial charge on any atom is -0.325 e. The van der Waals surface area contributed by atoms with Crippen molar-refractivity contribution in [2.45, 2.75) is 33.0 Å². The topological polar surface area (TPSA) is 55.1 Å². The highest BCUT2D eigenvalue weighted by molar-refractivity contribution is 9.10. The first-order chi connectivity index (χ1) is 8.93. The lowest BCUT2D eigenvalue weighted by molar-refractivity contribution is -0.138. The average Bonchev–Trinajstić information content (AvgIpc) is 2.27. The molecule has 1 rings (SSSR count). The smallest absolute Gasteiger partial charge is 0.325 e. The molecule has 0 aliphatic carbocycles. The lowest BCUT2D eigenvalue weighted by atomic mass is 9.87. The molecule has 3 nitrogen and oxygen atoms in total. The van der Waals surface area contributed by atoms with Crippen molar-refractivity contribution in [3.05, 3.63) is 28.2 Å². The molecule has 1 amide bonds. The van der Waals surface area contributed by atoms with Crippen LogP contribution in [0, 0.1) is 5.41 Å². The molecule has 0 aliphatic rings. The fourth-order valence-electron chi connectivity index (χ4n) is 1.43. The number of halogens is 4. The second-order valence-electron chi connectivity index (χ2n) is 5.53. The van der Waals surface area contributed by atoms with Gasteiger partial charge in [-0.15, -0.1) is 0 Å². The molecule has 0 unspecified atom stereocenters. The quantitative estimate of drug-likeness (QED) is 0.850. The molecule has 0 heterocycles. The molecule has 0 spiro atoms. The standard InChI is InChI=1S/C13H16BrF3N2O/c1-12(2,3)10(18)11(20)19-7-4-5-9(14)8(6-7)13(15,16)17/h4-6,10H,18H2,1-3H3,(H,19,20)/t10-/m1/s1. The summed E-state index contributed by atoms with van der Waals surface area (Å²) in [5.74, 6) is -0.520. The highest BCUT2D eigenvalue weighted by atomic mass is 79.9. The van der Waals surface area contributed by atoms with Crippen LogP contribution < -0.4 is 11.1 Å². The molecule has 0 radical (unpaired) electrons. The van der Waals surface area contributed by atoms with Crippen molar-refractivity contribution in [2.24, 2.45) is 11.1 Å². The van der Waals surface area contributed by atoms with E-state index in [1.54, 1.807) is 20.8 Å². The Morgan fingerprint density at radius 1 is 1.30 bits per heavy atom. The minimum atomic E-state index is -4.49. The van der Waals surface area contributed by atoms with Crippen LogP contribution >= 0.6 is 15.9 Å². The highest BCUT2D eigenvalue weighted by Crippen LogP contribution is 2.36. The molecule has 0 fully saturated rings. The molecule has 3 N–H and O–H groups in total. The fraction of sp³-hybridized carbons (Fsp3) is 0.462. The molecule has 20 heavy (non-hydrogen) atoms. The molecule has 1 aromatic rings. The zero-order valence-electron chi connectivity index (χ0n) is 11.3. The van der Waals surface area contributed by atoms with Gasteiger partial charge in [0.2, 0.25) is 5.91 Å². The molecular formula is C13H16BrF3N2O. The largest absolute Gasteiger partial charge is 0.417 e. The van der Waals surface area contributed by atoms with Crippen LogP contribution in [0.4, 0.5) is 18.9 Å². The Labute approximate surface area is 123 Å². The van der Waals surface area contributed by atoms with Crippen LogP contribution in [0.25, 0.3) is 0 Å². The summed E-state index contributed by atoms with van der Waals surface area (Å²) in [4.78, 5) is 11.9. The molecule has 7 heteroatoms. The molecular weight excluding hydrogens is 337 g/mol. The number of carbonyl (C=O) groups is 1. The van der Waals surface area contributed by atoms with Gasteiger partial charge in [0.1, 0.15) is 0 Å². The van der Waals surface area contributed by atoms with Gasteiger partial charge in [0.05, 0.1) is 11.6 Å². The van der Waals surface area contributed by atoms with Gasteiger partial charge in [-0.3, -0.25) is 4.79 Å². The summed E-state index contributed by atoms with van der Waals surface area (Å²) in [7, 11) is 0. The molecule has 0 saturated carbocycles. The summed E-state index contributed by atoms with van der Waals surface area (Å²) in [6.07, 6.45) is -4.49. The summed E-state index contributed by atoms with van der Waals surface area (Å²) >= 11 is 2.84. The predicted molar refractivity (Wildman–Crippen MR) is 75.2 cm³/mol. The van der Waals surface area contributed by atoms with Gasteiger partial charge in [0.25, 0.3) is 0 Å². The Bertz CT molecular complexity index is 509. The zero-order chi connectivity index (χ0) is 15.7. The summed E-state index contributed by atoms with van der Waals surface area (Å²) in [6.45, 7) is 5.33. The SMILES string of the molecule is CC(C)(C)[C@H](N)C(=O)Nc1ccc(Br)c(C(F)(F)F)c1. The van der Waals surface area contributed by atoms with E-state index in [-0.39, 0.29) is 10.2 Å². The number of amides is 1. The monoisotopic (exact) mass is 352 g/mol.